The molecule has 0 spiro atoms. The van der Waals surface area contributed by atoms with Crippen LogP contribution in [0.25, 0.3) is 11.5 Å². The van der Waals surface area contributed by atoms with E-state index in [2.05, 4.69) is 39.7 Å². The van der Waals surface area contributed by atoms with Crippen LogP contribution in [0.15, 0.2) is 52.1 Å². The highest BCUT2D eigenvalue weighted by Gasteiger charge is 2.07. The van der Waals surface area contributed by atoms with E-state index in [0.717, 1.165) is 30.2 Å². The van der Waals surface area contributed by atoms with Gasteiger partial charge >= 0.3 is 0 Å². The van der Waals surface area contributed by atoms with Crippen LogP contribution in [0.3, 0.4) is 0 Å². The van der Waals surface area contributed by atoms with Crippen molar-refractivity contribution in [2.75, 3.05) is 13.6 Å². The number of guanidine groups is 1. The molecule has 0 saturated heterocycles. The number of hydrogen-bond acceptors (Lipinski definition) is 4. The SMILES string of the molecule is CCc1ccc(CNC(=NC)NCCc2coc(-c3ccc(F)cc3)n2)s1.I. The summed E-state index contributed by atoms with van der Waals surface area (Å²) in [6.07, 6.45) is 3.40. The fourth-order valence-electron chi connectivity index (χ4n) is 2.55. The van der Waals surface area contributed by atoms with Gasteiger partial charge in [0.2, 0.25) is 5.89 Å². The van der Waals surface area contributed by atoms with Crippen molar-refractivity contribution in [3.8, 4) is 11.5 Å². The van der Waals surface area contributed by atoms with Crippen LogP contribution in [0, 0.1) is 5.82 Å². The molecular weight excluding hydrogens is 490 g/mol. The fourth-order valence-corrected chi connectivity index (χ4v) is 3.45. The molecule has 0 amide bonds. The molecule has 0 aliphatic carbocycles. The van der Waals surface area contributed by atoms with Crippen LogP contribution < -0.4 is 10.6 Å². The first-order valence-corrected chi connectivity index (χ1v) is 9.72. The average Bonchev–Trinajstić information content (AvgIpc) is 3.34. The van der Waals surface area contributed by atoms with Gasteiger partial charge in [0.15, 0.2) is 5.96 Å². The number of aliphatic imine (C=N–C) groups is 1. The summed E-state index contributed by atoms with van der Waals surface area (Å²) >= 11 is 1.82. The third-order valence-corrected chi connectivity index (χ3v) is 5.27. The number of halogens is 2. The molecule has 0 bridgehead atoms. The smallest absolute Gasteiger partial charge is 0.226 e. The second-order valence-corrected chi connectivity index (χ2v) is 7.23. The maximum atomic E-state index is 13.0. The molecule has 150 valence electrons. The normalized spacial score (nSPS) is 11.2. The minimum atomic E-state index is -0.276. The standard InChI is InChI=1S/C20H23FN4OS.HI/c1-3-17-8-9-18(27-17)12-24-20(22-2)23-11-10-16-13-26-19(25-16)14-4-6-15(21)7-5-14;/h4-9,13H,3,10-12H2,1-2H3,(H2,22,23,24);1H. The molecule has 5 nitrogen and oxygen atoms in total. The minimum absolute atomic E-state index is 0. The fraction of sp³-hybridized carbons (Fsp3) is 0.300. The Morgan fingerprint density at radius 3 is 2.57 bits per heavy atom. The highest BCUT2D eigenvalue weighted by atomic mass is 127. The molecule has 8 heteroatoms. The quantitative estimate of drug-likeness (QED) is 0.274. The van der Waals surface area contributed by atoms with Crippen molar-refractivity contribution in [2.45, 2.75) is 26.3 Å². The Hall–Kier alpha value is -1.94. The van der Waals surface area contributed by atoms with Crippen LogP contribution in [-0.2, 0) is 19.4 Å². The topological polar surface area (TPSA) is 62.5 Å². The van der Waals surface area contributed by atoms with Gasteiger partial charge in [-0.25, -0.2) is 9.37 Å². The molecule has 1 aromatic carbocycles. The lowest BCUT2D eigenvalue weighted by Gasteiger charge is -2.10. The summed E-state index contributed by atoms with van der Waals surface area (Å²) in [5.74, 6) is 0.975. The van der Waals surface area contributed by atoms with E-state index in [1.54, 1.807) is 25.4 Å². The summed E-state index contributed by atoms with van der Waals surface area (Å²) in [6.45, 7) is 3.59. The molecule has 0 aliphatic heterocycles. The monoisotopic (exact) mass is 514 g/mol. The summed E-state index contributed by atoms with van der Waals surface area (Å²) in [7, 11) is 1.75. The minimum Gasteiger partial charge on any atom is -0.444 e. The van der Waals surface area contributed by atoms with Gasteiger partial charge in [0.05, 0.1) is 12.2 Å². The van der Waals surface area contributed by atoms with E-state index < -0.39 is 0 Å². The van der Waals surface area contributed by atoms with Gasteiger partial charge < -0.3 is 15.1 Å². The van der Waals surface area contributed by atoms with Gasteiger partial charge in [-0.2, -0.15) is 0 Å². The zero-order valence-electron chi connectivity index (χ0n) is 15.9. The molecule has 3 rings (SSSR count). The maximum absolute atomic E-state index is 13.0. The van der Waals surface area contributed by atoms with Gasteiger partial charge in [0.25, 0.3) is 0 Å². The van der Waals surface area contributed by atoms with Crippen molar-refractivity contribution in [2.24, 2.45) is 4.99 Å². The molecular formula is C20H24FIN4OS. The predicted octanol–water partition coefficient (Wildman–Crippen LogP) is 4.63. The average molecular weight is 514 g/mol. The molecule has 2 aromatic heterocycles. The summed E-state index contributed by atoms with van der Waals surface area (Å²) < 4.78 is 18.5. The zero-order chi connectivity index (χ0) is 19.1. The number of aromatic nitrogens is 1. The Kier molecular flexibility index (Phi) is 8.91. The van der Waals surface area contributed by atoms with Gasteiger partial charge in [0.1, 0.15) is 12.1 Å². The van der Waals surface area contributed by atoms with Crippen LogP contribution >= 0.6 is 35.3 Å². The second-order valence-electron chi connectivity index (χ2n) is 5.98. The number of nitrogens with one attached hydrogen (secondary N) is 2. The van der Waals surface area contributed by atoms with Gasteiger partial charge in [0, 0.05) is 35.3 Å². The van der Waals surface area contributed by atoms with Crippen LogP contribution in [0.4, 0.5) is 4.39 Å². The molecule has 3 aromatic rings. The van der Waals surface area contributed by atoms with Crippen molar-refractivity contribution in [1.29, 1.82) is 0 Å². The van der Waals surface area contributed by atoms with Crippen molar-refractivity contribution in [3.05, 3.63) is 63.9 Å². The van der Waals surface area contributed by atoms with Crippen LogP contribution in [0.2, 0.25) is 0 Å². The highest BCUT2D eigenvalue weighted by molar-refractivity contribution is 14.0. The van der Waals surface area contributed by atoms with Crippen LogP contribution in [0.5, 0.6) is 0 Å². The number of thiophene rings is 1. The lowest BCUT2D eigenvalue weighted by atomic mass is 10.2. The maximum Gasteiger partial charge on any atom is 0.226 e. The molecule has 28 heavy (non-hydrogen) atoms. The Morgan fingerprint density at radius 2 is 1.89 bits per heavy atom. The van der Waals surface area contributed by atoms with E-state index in [1.165, 1.54) is 21.9 Å². The molecule has 2 N–H and O–H groups in total. The van der Waals surface area contributed by atoms with E-state index in [4.69, 9.17) is 4.42 Å². The number of rotatable bonds is 7. The molecule has 0 atom stereocenters. The van der Waals surface area contributed by atoms with E-state index in [0.29, 0.717) is 18.9 Å². The lowest BCUT2D eigenvalue weighted by Crippen LogP contribution is -2.37. The second kappa shape index (κ2) is 11.2. The van der Waals surface area contributed by atoms with Gasteiger partial charge in [-0.3, -0.25) is 4.99 Å². The van der Waals surface area contributed by atoms with Gasteiger partial charge in [-0.15, -0.1) is 35.3 Å². The summed E-state index contributed by atoms with van der Waals surface area (Å²) in [5.41, 5.74) is 1.60. The first kappa shape index (κ1) is 22.4. The third kappa shape index (κ3) is 6.30. The van der Waals surface area contributed by atoms with E-state index >= 15 is 0 Å². The largest absolute Gasteiger partial charge is 0.444 e. The number of hydrogen-bond donors (Lipinski definition) is 2. The van der Waals surface area contributed by atoms with Crippen LogP contribution in [0.1, 0.15) is 22.4 Å². The molecule has 0 saturated carbocycles. The van der Waals surface area contributed by atoms with Gasteiger partial charge in [-0.05, 0) is 42.8 Å². The molecule has 0 radical (unpaired) electrons. The number of benzene rings is 1. The van der Waals surface area contributed by atoms with Crippen molar-refractivity contribution in [3.63, 3.8) is 0 Å². The molecule has 0 fully saturated rings. The molecule has 0 unspecified atom stereocenters. The highest BCUT2D eigenvalue weighted by Crippen LogP contribution is 2.19. The predicted molar refractivity (Wildman–Crippen MR) is 123 cm³/mol. The Labute approximate surface area is 185 Å². The molecule has 2 heterocycles. The summed E-state index contributed by atoms with van der Waals surface area (Å²) in [4.78, 5) is 11.4. The Balaban J connectivity index is 0.00000280. The first-order chi connectivity index (χ1) is 13.2. The number of aryl methyl sites for hydroxylation is 1. The van der Waals surface area contributed by atoms with E-state index in [1.807, 2.05) is 11.3 Å². The zero-order valence-corrected chi connectivity index (χ0v) is 19.0. The molecule has 0 aliphatic rings. The Bertz CT molecular complexity index is 892. The van der Waals surface area contributed by atoms with Crippen molar-refractivity contribution >= 4 is 41.3 Å². The van der Waals surface area contributed by atoms with Gasteiger partial charge in [-0.1, -0.05) is 6.92 Å². The van der Waals surface area contributed by atoms with Crippen molar-refractivity contribution in [1.82, 2.24) is 15.6 Å². The number of oxazole rings is 1. The summed E-state index contributed by atoms with van der Waals surface area (Å²) in [5, 5.41) is 6.59. The van der Waals surface area contributed by atoms with Crippen molar-refractivity contribution < 1.29 is 8.81 Å². The van der Waals surface area contributed by atoms with Crippen LogP contribution in [-0.4, -0.2) is 24.5 Å². The van der Waals surface area contributed by atoms with E-state index in [9.17, 15) is 4.39 Å². The first-order valence-electron chi connectivity index (χ1n) is 8.90. The Morgan fingerprint density at radius 1 is 1.14 bits per heavy atom. The number of nitrogens with zero attached hydrogens (tertiary/aromatic N) is 2. The summed E-state index contributed by atoms with van der Waals surface area (Å²) in [6, 6.07) is 10.4. The lowest BCUT2D eigenvalue weighted by molar-refractivity contribution is 0.571. The third-order valence-electron chi connectivity index (χ3n) is 4.04. The van der Waals surface area contributed by atoms with E-state index in [-0.39, 0.29) is 29.8 Å².